The first-order valence-corrected chi connectivity index (χ1v) is 9.91. The van der Waals surface area contributed by atoms with Crippen LogP contribution < -0.4 is 24.4 Å². The minimum Gasteiger partial charge on any atom is -0.497 e. The molecular formula is C22H26N4O4. The van der Waals surface area contributed by atoms with E-state index in [-0.39, 0.29) is 0 Å². The third kappa shape index (κ3) is 4.42. The second kappa shape index (κ2) is 8.94. The lowest BCUT2D eigenvalue weighted by Crippen LogP contribution is -2.39. The molecule has 1 fully saturated rings. The smallest absolute Gasteiger partial charge is 0.324 e. The Hall–Kier alpha value is -3.42. The first kappa shape index (κ1) is 19.9. The molecule has 2 heterocycles. The molecule has 0 atom stereocenters. The minimum absolute atomic E-state index is 0.346. The summed E-state index contributed by atoms with van der Waals surface area (Å²) in [7, 11) is 4.95. The van der Waals surface area contributed by atoms with Gasteiger partial charge in [-0.15, -0.1) is 0 Å². The highest BCUT2D eigenvalue weighted by Gasteiger charge is 2.23. The maximum atomic E-state index is 5.52. The van der Waals surface area contributed by atoms with E-state index >= 15 is 0 Å². The van der Waals surface area contributed by atoms with Gasteiger partial charge in [0, 0.05) is 48.6 Å². The Labute approximate surface area is 175 Å². The lowest BCUT2D eigenvalue weighted by atomic mass is 10.0. The first-order valence-electron chi connectivity index (χ1n) is 9.91. The third-order valence-electron chi connectivity index (χ3n) is 5.23. The molecule has 0 spiro atoms. The highest BCUT2D eigenvalue weighted by atomic mass is 16.5. The quantitative estimate of drug-likeness (QED) is 0.629. The van der Waals surface area contributed by atoms with Crippen LogP contribution in [0.1, 0.15) is 12.8 Å². The summed E-state index contributed by atoms with van der Waals surface area (Å²) in [6, 6.07) is 14.4. The standard InChI is InChI=1S/C22H26N4O4/c1-27-18-6-4-5-15(11-18)21-24-22(30-25-21)26-9-7-16(8-10-26)23-17-12-19(28-2)14-20(13-17)29-3/h4-6,11-14,16,23H,7-10H2,1-3H3. The zero-order chi connectivity index (χ0) is 20.9. The van der Waals surface area contributed by atoms with E-state index in [1.165, 1.54) is 0 Å². The molecule has 1 N–H and O–H groups in total. The molecule has 3 aromatic rings. The number of anilines is 2. The maximum Gasteiger partial charge on any atom is 0.324 e. The van der Waals surface area contributed by atoms with Gasteiger partial charge in [0.05, 0.1) is 21.3 Å². The number of hydrogen-bond acceptors (Lipinski definition) is 8. The molecule has 0 aliphatic carbocycles. The fraction of sp³-hybridized carbons (Fsp3) is 0.364. The van der Waals surface area contributed by atoms with Crippen LogP contribution in [0.2, 0.25) is 0 Å². The lowest BCUT2D eigenvalue weighted by Gasteiger charge is -2.31. The second-order valence-corrected chi connectivity index (χ2v) is 7.14. The molecule has 4 rings (SSSR count). The predicted molar refractivity (Wildman–Crippen MR) is 115 cm³/mol. The van der Waals surface area contributed by atoms with Gasteiger partial charge in [-0.05, 0) is 25.0 Å². The van der Waals surface area contributed by atoms with E-state index in [0.29, 0.717) is 17.9 Å². The predicted octanol–water partition coefficient (Wildman–Crippen LogP) is 3.84. The number of methoxy groups -OCH3 is 3. The summed E-state index contributed by atoms with van der Waals surface area (Å²) in [5.41, 5.74) is 1.86. The van der Waals surface area contributed by atoms with Crippen molar-refractivity contribution in [2.45, 2.75) is 18.9 Å². The van der Waals surface area contributed by atoms with Crippen molar-refractivity contribution in [3.63, 3.8) is 0 Å². The van der Waals surface area contributed by atoms with Crippen LogP contribution >= 0.6 is 0 Å². The van der Waals surface area contributed by atoms with Gasteiger partial charge < -0.3 is 29.0 Å². The number of ether oxygens (including phenoxy) is 3. The Bertz CT molecular complexity index is 961. The molecule has 8 nitrogen and oxygen atoms in total. The molecule has 1 aromatic heterocycles. The van der Waals surface area contributed by atoms with Gasteiger partial charge in [-0.3, -0.25) is 0 Å². The number of nitrogens with zero attached hydrogens (tertiary/aromatic N) is 3. The van der Waals surface area contributed by atoms with Crippen LogP contribution in [0.15, 0.2) is 47.0 Å². The Morgan fingerprint density at radius 3 is 2.30 bits per heavy atom. The normalized spacial score (nSPS) is 14.4. The number of hydrogen-bond donors (Lipinski definition) is 1. The van der Waals surface area contributed by atoms with Crippen LogP contribution in [0.4, 0.5) is 11.7 Å². The zero-order valence-corrected chi connectivity index (χ0v) is 17.4. The Kier molecular flexibility index (Phi) is 5.92. The van der Waals surface area contributed by atoms with Crippen molar-refractivity contribution in [2.24, 2.45) is 0 Å². The molecule has 0 unspecified atom stereocenters. The van der Waals surface area contributed by atoms with Gasteiger partial charge in [0.2, 0.25) is 5.82 Å². The molecule has 8 heteroatoms. The summed E-state index contributed by atoms with van der Waals surface area (Å²) in [6.07, 6.45) is 1.91. The summed E-state index contributed by atoms with van der Waals surface area (Å²) in [5.74, 6) is 2.86. The molecule has 1 aliphatic heterocycles. The zero-order valence-electron chi connectivity index (χ0n) is 17.4. The summed E-state index contributed by atoms with van der Waals surface area (Å²) in [4.78, 5) is 6.70. The van der Waals surface area contributed by atoms with Crippen molar-refractivity contribution in [1.82, 2.24) is 10.1 Å². The number of benzene rings is 2. The average molecular weight is 410 g/mol. The summed E-state index contributed by atoms with van der Waals surface area (Å²) in [6.45, 7) is 1.66. The number of rotatable bonds is 7. The summed E-state index contributed by atoms with van der Waals surface area (Å²) < 4.78 is 21.5. The van der Waals surface area contributed by atoms with Crippen LogP contribution in [0.25, 0.3) is 11.4 Å². The number of piperidine rings is 1. The molecule has 1 aliphatic rings. The van der Waals surface area contributed by atoms with Crippen molar-refractivity contribution in [1.29, 1.82) is 0 Å². The van der Waals surface area contributed by atoms with Crippen LogP contribution in [0.5, 0.6) is 17.2 Å². The maximum absolute atomic E-state index is 5.52. The first-order chi connectivity index (χ1) is 14.7. The monoisotopic (exact) mass is 410 g/mol. The van der Waals surface area contributed by atoms with Gasteiger partial charge >= 0.3 is 6.01 Å². The fourth-order valence-electron chi connectivity index (χ4n) is 3.56. The second-order valence-electron chi connectivity index (χ2n) is 7.14. The lowest BCUT2D eigenvalue weighted by molar-refractivity contribution is 0.393. The molecule has 1 saturated heterocycles. The average Bonchev–Trinajstić information content (AvgIpc) is 3.29. The molecule has 2 aromatic carbocycles. The van der Waals surface area contributed by atoms with E-state index in [9.17, 15) is 0 Å². The van der Waals surface area contributed by atoms with E-state index in [1.807, 2.05) is 42.5 Å². The van der Waals surface area contributed by atoms with Crippen LogP contribution in [0, 0.1) is 0 Å². The molecule has 0 radical (unpaired) electrons. The van der Waals surface area contributed by atoms with Crippen molar-refractivity contribution < 1.29 is 18.7 Å². The van der Waals surface area contributed by atoms with Gasteiger partial charge in [-0.25, -0.2) is 0 Å². The minimum atomic E-state index is 0.346. The molecule has 0 saturated carbocycles. The SMILES string of the molecule is COc1cc(NC2CCN(c3nc(-c4cccc(OC)c4)no3)CC2)cc(OC)c1. The van der Waals surface area contributed by atoms with Crippen LogP contribution in [-0.4, -0.2) is 50.6 Å². The van der Waals surface area contributed by atoms with E-state index in [2.05, 4.69) is 20.4 Å². The largest absolute Gasteiger partial charge is 0.497 e. The number of aromatic nitrogens is 2. The Morgan fingerprint density at radius 1 is 0.933 bits per heavy atom. The van der Waals surface area contributed by atoms with Crippen molar-refractivity contribution in [2.75, 3.05) is 44.6 Å². The number of nitrogens with one attached hydrogen (secondary N) is 1. The molecule has 30 heavy (non-hydrogen) atoms. The van der Waals surface area contributed by atoms with Gasteiger partial charge in [-0.1, -0.05) is 17.3 Å². The van der Waals surface area contributed by atoms with Crippen LogP contribution in [0.3, 0.4) is 0 Å². The summed E-state index contributed by atoms with van der Waals surface area (Å²) in [5, 5.41) is 7.71. The fourth-order valence-corrected chi connectivity index (χ4v) is 3.56. The van der Waals surface area contributed by atoms with E-state index in [1.54, 1.807) is 21.3 Å². The van der Waals surface area contributed by atoms with E-state index < -0.39 is 0 Å². The third-order valence-corrected chi connectivity index (χ3v) is 5.23. The van der Waals surface area contributed by atoms with Gasteiger partial charge in [0.25, 0.3) is 0 Å². The Morgan fingerprint density at radius 2 is 1.63 bits per heavy atom. The van der Waals surface area contributed by atoms with E-state index in [0.717, 1.165) is 54.4 Å². The van der Waals surface area contributed by atoms with Gasteiger partial charge in [0.15, 0.2) is 0 Å². The molecule has 0 amide bonds. The van der Waals surface area contributed by atoms with Gasteiger partial charge in [-0.2, -0.15) is 4.98 Å². The summed E-state index contributed by atoms with van der Waals surface area (Å²) >= 11 is 0. The highest BCUT2D eigenvalue weighted by Crippen LogP contribution is 2.29. The Balaban J connectivity index is 1.38. The van der Waals surface area contributed by atoms with Crippen LogP contribution in [-0.2, 0) is 0 Å². The topological polar surface area (TPSA) is 81.9 Å². The molecule has 158 valence electrons. The molecule has 0 bridgehead atoms. The van der Waals surface area contributed by atoms with Gasteiger partial charge in [0.1, 0.15) is 17.2 Å². The molecular weight excluding hydrogens is 384 g/mol. The van der Waals surface area contributed by atoms with Crippen molar-refractivity contribution in [3.8, 4) is 28.6 Å². The highest BCUT2D eigenvalue weighted by molar-refractivity contribution is 5.58. The van der Waals surface area contributed by atoms with Crippen molar-refractivity contribution in [3.05, 3.63) is 42.5 Å². The van der Waals surface area contributed by atoms with Crippen molar-refractivity contribution >= 4 is 11.7 Å². The van der Waals surface area contributed by atoms with E-state index in [4.69, 9.17) is 18.7 Å².